The van der Waals surface area contributed by atoms with Crippen molar-refractivity contribution in [2.75, 3.05) is 7.11 Å². The second-order valence-corrected chi connectivity index (χ2v) is 3.30. The van der Waals surface area contributed by atoms with Gasteiger partial charge in [0.15, 0.2) is 0 Å². The number of hydrogen-bond donors (Lipinski definition) is 1. The Labute approximate surface area is 80.7 Å². The third-order valence-corrected chi connectivity index (χ3v) is 2.38. The monoisotopic (exact) mass is 181 g/mol. The predicted molar refractivity (Wildman–Crippen MR) is 55.3 cm³/mol. The van der Waals surface area contributed by atoms with E-state index in [0.717, 1.165) is 25.7 Å². The Kier molecular flexibility index (Phi) is 4.61. The van der Waals surface area contributed by atoms with Gasteiger partial charge in [-0.05, 0) is 31.9 Å². The van der Waals surface area contributed by atoms with E-state index in [1.807, 2.05) is 6.20 Å². The van der Waals surface area contributed by atoms with E-state index >= 15 is 0 Å². The number of ether oxygens (including phenoxy) is 1. The maximum Gasteiger partial charge on any atom is 0.0609 e. The van der Waals surface area contributed by atoms with Crippen LogP contribution in [0.2, 0.25) is 0 Å². The zero-order valence-corrected chi connectivity index (χ0v) is 8.55. The van der Waals surface area contributed by atoms with Crippen molar-refractivity contribution in [1.29, 1.82) is 0 Å². The van der Waals surface area contributed by atoms with Gasteiger partial charge in [0.05, 0.1) is 6.10 Å². The minimum Gasteiger partial charge on any atom is -0.381 e. The largest absolute Gasteiger partial charge is 0.381 e. The van der Waals surface area contributed by atoms with Crippen LogP contribution >= 0.6 is 0 Å². The van der Waals surface area contributed by atoms with Gasteiger partial charge in [0.2, 0.25) is 0 Å². The Balaban J connectivity index is 2.56. The molecule has 1 N–H and O–H groups in total. The van der Waals surface area contributed by atoms with Gasteiger partial charge >= 0.3 is 0 Å². The summed E-state index contributed by atoms with van der Waals surface area (Å²) in [5.74, 6) is 0. The number of methoxy groups -OCH3 is 1. The minimum atomic E-state index is 0.381. The predicted octanol–water partition coefficient (Wildman–Crippen LogP) is 2.58. The van der Waals surface area contributed by atoms with Crippen LogP contribution in [0.5, 0.6) is 0 Å². The Morgan fingerprint density at radius 2 is 2.46 bits per heavy atom. The molecular weight excluding hydrogens is 162 g/mol. The Bertz CT molecular complexity index is 196. The molecule has 0 spiro atoms. The van der Waals surface area contributed by atoms with Crippen molar-refractivity contribution in [2.45, 2.75) is 38.7 Å². The molecule has 0 amide bonds. The van der Waals surface area contributed by atoms with Gasteiger partial charge in [-0.15, -0.1) is 0 Å². The molecule has 1 atom stereocenters. The van der Waals surface area contributed by atoms with Gasteiger partial charge < -0.3 is 10.1 Å². The molecule has 0 radical (unpaired) electrons. The van der Waals surface area contributed by atoms with Gasteiger partial charge in [0, 0.05) is 12.8 Å². The van der Waals surface area contributed by atoms with Gasteiger partial charge in [-0.1, -0.05) is 19.1 Å². The summed E-state index contributed by atoms with van der Waals surface area (Å²) in [6.45, 7) is 2.16. The SMILES string of the molecule is CC/C1=C/CC(OC)CC/C=C/N1. The standard InChI is InChI=1S/C11H19NO/c1-3-10-7-8-11(13-2)6-4-5-9-12-10/h5,7,9,11-12H,3-4,6,8H2,1-2H3/b9-5+,10-7-. The van der Waals surface area contributed by atoms with Crippen molar-refractivity contribution in [3.8, 4) is 0 Å². The molecule has 0 aromatic heterocycles. The lowest BCUT2D eigenvalue weighted by Crippen LogP contribution is -2.09. The molecular formula is C11H19NO. The van der Waals surface area contributed by atoms with Crippen LogP contribution in [0, 0.1) is 0 Å². The smallest absolute Gasteiger partial charge is 0.0609 e. The fraction of sp³-hybridized carbons (Fsp3) is 0.636. The molecule has 1 unspecified atom stereocenters. The lowest BCUT2D eigenvalue weighted by Gasteiger charge is -2.11. The van der Waals surface area contributed by atoms with Crippen molar-refractivity contribution in [3.63, 3.8) is 0 Å². The summed E-state index contributed by atoms with van der Waals surface area (Å²) >= 11 is 0. The van der Waals surface area contributed by atoms with E-state index in [1.54, 1.807) is 7.11 Å². The van der Waals surface area contributed by atoms with E-state index in [4.69, 9.17) is 4.74 Å². The van der Waals surface area contributed by atoms with E-state index in [9.17, 15) is 0 Å². The van der Waals surface area contributed by atoms with Crippen LogP contribution in [0.15, 0.2) is 24.0 Å². The molecule has 2 nitrogen and oxygen atoms in total. The highest BCUT2D eigenvalue weighted by molar-refractivity contribution is 5.05. The van der Waals surface area contributed by atoms with Crippen molar-refractivity contribution in [3.05, 3.63) is 24.0 Å². The summed E-state index contributed by atoms with van der Waals surface area (Å²) in [6.07, 6.45) is 11.1. The summed E-state index contributed by atoms with van der Waals surface area (Å²) in [7, 11) is 1.79. The van der Waals surface area contributed by atoms with Gasteiger partial charge in [0.1, 0.15) is 0 Å². The zero-order chi connectivity index (χ0) is 9.52. The first-order valence-corrected chi connectivity index (χ1v) is 5.00. The Morgan fingerprint density at radius 3 is 3.15 bits per heavy atom. The van der Waals surface area contributed by atoms with E-state index in [1.165, 1.54) is 5.70 Å². The zero-order valence-electron chi connectivity index (χ0n) is 8.55. The lowest BCUT2D eigenvalue weighted by atomic mass is 10.1. The Hall–Kier alpha value is -0.760. The van der Waals surface area contributed by atoms with Crippen molar-refractivity contribution in [1.82, 2.24) is 5.32 Å². The first-order valence-electron chi connectivity index (χ1n) is 5.00. The fourth-order valence-electron chi connectivity index (χ4n) is 1.44. The van der Waals surface area contributed by atoms with Crippen LogP contribution in [0.3, 0.4) is 0 Å². The van der Waals surface area contributed by atoms with E-state index < -0.39 is 0 Å². The highest BCUT2D eigenvalue weighted by atomic mass is 16.5. The molecule has 74 valence electrons. The molecule has 0 aliphatic carbocycles. The summed E-state index contributed by atoms with van der Waals surface area (Å²) < 4.78 is 5.37. The summed E-state index contributed by atoms with van der Waals surface area (Å²) in [6, 6.07) is 0. The first-order chi connectivity index (χ1) is 6.36. The quantitative estimate of drug-likeness (QED) is 0.707. The van der Waals surface area contributed by atoms with E-state index in [2.05, 4.69) is 24.4 Å². The minimum absolute atomic E-state index is 0.381. The number of hydrogen-bond acceptors (Lipinski definition) is 2. The molecule has 0 aromatic carbocycles. The van der Waals surface area contributed by atoms with Crippen LogP contribution in [0.1, 0.15) is 32.6 Å². The number of rotatable bonds is 2. The molecule has 0 fully saturated rings. The molecule has 2 heteroatoms. The van der Waals surface area contributed by atoms with Crippen molar-refractivity contribution in [2.24, 2.45) is 0 Å². The van der Waals surface area contributed by atoms with Crippen LogP contribution in [0.25, 0.3) is 0 Å². The molecule has 1 heterocycles. The molecule has 0 saturated carbocycles. The van der Waals surface area contributed by atoms with Crippen molar-refractivity contribution >= 4 is 0 Å². The molecule has 0 aromatic rings. The number of nitrogens with one attached hydrogen (secondary N) is 1. The second kappa shape index (κ2) is 5.81. The van der Waals surface area contributed by atoms with Gasteiger partial charge in [0.25, 0.3) is 0 Å². The third-order valence-electron chi connectivity index (χ3n) is 2.38. The van der Waals surface area contributed by atoms with Gasteiger partial charge in [-0.25, -0.2) is 0 Å². The lowest BCUT2D eigenvalue weighted by molar-refractivity contribution is 0.0985. The average molecular weight is 181 g/mol. The van der Waals surface area contributed by atoms with E-state index in [-0.39, 0.29) is 0 Å². The maximum atomic E-state index is 5.37. The highest BCUT2D eigenvalue weighted by Crippen LogP contribution is 2.11. The molecule has 13 heavy (non-hydrogen) atoms. The highest BCUT2D eigenvalue weighted by Gasteiger charge is 2.05. The Morgan fingerprint density at radius 1 is 1.62 bits per heavy atom. The van der Waals surface area contributed by atoms with Crippen LogP contribution < -0.4 is 5.32 Å². The van der Waals surface area contributed by atoms with E-state index in [0.29, 0.717) is 6.10 Å². The first kappa shape index (κ1) is 10.3. The normalized spacial score (nSPS) is 30.3. The molecule has 1 aliphatic heterocycles. The molecule has 0 saturated heterocycles. The fourth-order valence-corrected chi connectivity index (χ4v) is 1.44. The van der Waals surface area contributed by atoms with Gasteiger partial charge in [-0.2, -0.15) is 0 Å². The van der Waals surface area contributed by atoms with Gasteiger partial charge in [-0.3, -0.25) is 0 Å². The number of allylic oxidation sites excluding steroid dienone is 2. The van der Waals surface area contributed by atoms with Crippen LogP contribution in [-0.4, -0.2) is 13.2 Å². The maximum absolute atomic E-state index is 5.37. The summed E-state index contributed by atoms with van der Waals surface area (Å²) in [5, 5.41) is 3.28. The summed E-state index contributed by atoms with van der Waals surface area (Å²) in [4.78, 5) is 0. The molecule has 0 bridgehead atoms. The molecule has 1 rings (SSSR count). The van der Waals surface area contributed by atoms with Crippen LogP contribution in [0.4, 0.5) is 0 Å². The van der Waals surface area contributed by atoms with Crippen LogP contribution in [-0.2, 0) is 4.74 Å². The second-order valence-electron chi connectivity index (χ2n) is 3.30. The summed E-state index contributed by atoms with van der Waals surface area (Å²) in [5.41, 5.74) is 1.29. The third kappa shape index (κ3) is 3.64. The van der Waals surface area contributed by atoms with Crippen molar-refractivity contribution < 1.29 is 4.74 Å². The average Bonchev–Trinajstić information content (AvgIpc) is 2.28. The molecule has 1 aliphatic rings. The topological polar surface area (TPSA) is 21.3 Å².